The van der Waals surface area contributed by atoms with Gasteiger partial charge in [0, 0.05) is 5.92 Å². The molecule has 0 radical (unpaired) electrons. The Bertz CT molecular complexity index is 198. The van der Waals surface area contributed by atoms with Crippen molar-refractivity contribution in [3.8, 4) is 0 Å². The first-order valence-electron chi connectivity index (χ1n) is 3.68. The highest BCUT2D eigenvalue weighted by Gasteiger charge is 2.40. The highest BCUT2D eigenvalue weighted by atomic mass is 28.3. The Hall–Kier alpha value is -0.373. The largest absolute Gasteiger partial charge is 0.298 e. The molecule has 1 unspecified atom stereocenters. The van der Waals surface area contributed by atoms with E-state index in [1.165, 1.54) is 5.20 Å². The average molecular weight is 154 g/mol. The molecular formula is C8H14OSi. The summed E-state index contributed by atoms with van der Waals surface area (Å²) in [7, 11) is -1.12. The van der Waals surface area contributed by atoms with Crippen molar-refractivity contribution in [1.29, 1.82) is 0 Å². The van der Waals surface area contributed by atoms with E-state index in [4.69, 9.17) is 0 Å². The molecule has 0 amide bonds. The van der Waals surface area contributed by atoms with Gasteiger partial charge in [-0.1, -0.05) is 31.8 Å². The van der Waals surface area contributed by atoms with Crippen molar-refractivity contribution < 1.29 is 4.79 Å². The van der Waals surface area contributed by atoms with E-state index in [9.17, 15) is 4.79 Å². The second-order valence-corrected chi connectivity index (χ2v) is 9.00. The van der Waals surface area contributed by atoms with E-state index >= 15 is 0 Å². The first kappa shape index (κ1) is 7.73. The van der Waals surface area contributed by atoms with Crippen molar-refractivity contribution in [3.05, 3.63) is 10.8 Å². The van der Waals surface area contributed by atoms with Crippen LogP contribution in [0.1, 0.15) is 6.92 Å². The zero-order valence-electron chi connectivity index (χ0n) is 7.06. The van der Waals surface area contributed by atoms with E-state index in [1.54, 1.807) is 0 Å². The highest BCUT2D eigenvalue weighted by Crippen LogP contribution is 2.43. The maximum Gasteiger partial charge on any atom is 0.146 e. The summed E-state index contributed by atoms with van der Waals surface area (Å²) in [5.74, 6) is 0.518. The van der Waals surface area contributed by atoms with Gasteiger partial charge in [-0.25, -0.2) is 0 Å². The quantitative estimate of drug-likeness (QED) is 0.439. The van der Waals surface area contributed by atoms with Gasteiger partial charge in [-0.15, -0.1) is 0 Å². The summed E-state index contributed by atoms with van der Waals surface area (Å²) >= 11 is 0. The third kappa shape index (κ3) is 1.08. The van der Waals surface area contributed by atoms with E-state index in [0.717, 1.165) is 11.9 Å². The summed E-state index contributed by atoms with van der Waals surface area (Å²) in [5, 5.41) is 1.47. The second kappa shape index (κ2) is 2.05. The van der Waals surface area contributed by atoms with Crippen LogP contribution in [0.5, 0.6) is 0 Å². The lowest BCUT2D eigenvalue weighted by atomic mass is 10.3. The summed E-state index contributed by atoms with van der Waals surface area (Å²) in [6.45, 7) is 8.98. The van der Waals surface area contributed by atoms with E-state index in [-0.39, 0.29) is 0 Å². The van der Waals surface area contributed by atoms with Crippen LogP contribution < -0.4 is 0 Å². The summed E-state index contributed by atoms with van der Waals surface area (Å²) in [5.41, 5.74) is 1.08. The second-order valence-electron chi connectivity index (χ2n) is 3.96. The molecule has 0 bridgehead atoms. The van der Waals surface area contributed by atoms with E-state index < -0.39 is 8.07 Å². The van der Waals surface area contributed by atoms with Gasteiger partial charge in [0.2, 0.25) is 0 Å². The van der Waals surface area contributed by atoms with Crippen LogP contribution in [-0.4, -0.2) is 14.4 Å². The SMILES string of the molecule is CC1C(C=O)=C1[Si](C)(C)C. The minimum atomic E-state index is -1.12. The molecule has 56 valence electrons. The molecule has 0 fully saturated rings. The van der Waals surface area contributed by atoms with Crippen molar-refractivity contribution in [2.24, 2.45) is 5.92 Å². The van der Waals surface area contributed by atoms with Crippen LogP contribution in [0.3, 0.4) is 0 Å². The van der Waals surface area contributed by atoms with Gasteiger partial charge in [0.05, 0.1) is 8.07 Å². The normalized spacial score (nSPS) is 25.0. The van der Waals surface area contributed by atoms with Gasteiger partial charge < -0.3 is 0 Å². The Balaban J connectivity index is 2.78. The van der Waals surface area contributed by atoms with Crippen molar-refractivity contribution in [1.82, 2.24) is 0 Å². The van der Waals surface area contributed by atoms with Crippen molar-refractivity contribution >= 4 is 14.4 Å². The third-order valence-electron chi connectivity index (χ3n) is 2.06. The molecule has 0 aromatic rings. The molecular weight excluding hydrogens is 140 g/mol. The molecule has 1 nitrogen and oxygen atoms in total. The molecule has 0 N–H and O–H groups in total. The van der Waals surface area contributed by atoms with Crippen LogP contribution in [0.15, 0.2) is 10.8 Å². The number of allylic oxidation sites excluding steroid dienone is 2. The van der Waals surface area contributed by atoms with Gasteiger partial charge in [0.25, 0.3) is 0 Å². The fourth-order valence-corrected chi connectivity index (χ4v) is 4.13. The Morgan fingerprint density at radius 3 is 2.00 bits per heavy atom. The Morgan fingerprint density at radius 2 is 1.90 bits per heavy atom. The molecule has 1 atom stereocenters. The number of hydrogen-bond donors (Lipinski definition) is 0. The minimum absolute atomic E-state index is 0.518. The number of aldehydes is 1. The number of carbonyl (C=O) groups excluding carboxylic acids is 1. The first-order chi connectivity index (χ1) is 4.48. The molecule has 10 heavy (non-hydrogen) atoms. The summed E-state index contributed by atoms with van der Waals surface area (Å²) in [4.78, 5) is 10.4. The van der Waals surface area contributed by atoms with Crippen molar-refractivity contribution in [3.63, 3.8) is 0 Å². The minimum Gasteiger partial charge on any atom is -0.298 e. The molecule has 0 saturated heterocycles. The van der Waals surface area contributed by atoms with Crippen LogP contribution in [0, 0.1) is 5.92 Å². The van der Waals surface area contributed by atoms with Gasteiger partial charge in [-0.2, -0.15) is 0 Å². The predicted octanol–water partition coefficient (Wildman–Crippen LogP) is 2.01. The van der Waals surface area contributed by atoms with Gasteiger partial charge in [-0.05, 0) is 5.57 Å². The molecule has 0 saturated carbocycles. The molecule has 0 spiro atoms. The van der Waals surface area contributed by atoms with Gasteiger partial charge >= 0.3 is 0 Å². The van der Waals surface area contributed by atoms with Crippen LogP contribution in [0.4, 0.5) is 0 Å². The van der Waals surface area contributed by atoms with Crippen LogP contribution >= 0.6 is 0 Å². The zero-order valence-corrected chi connectivity index (χ0v) is 8.06. The molecule has 0 aliphatic heterocycles. The van der Waals surface area contributed by atoms with Gasteiger partial charge in [-0.3, -0.25) is 4.79 Å². The molecule has 2 heteroatoms. The Morgan fingerprint density at radius 1 is 1.40 bits per heavy atom. The molecule has 1 aliphatic carbocycles. The third-order valence-corrected chi connectivity index (χ3v) is 4.40. The molecule has 1 rings (SSSR count). The Labute approximate surface area is 63.1 Å². The monoisotopic (exact) mass is 154 g/mol. The molecule has 1 aliphatic rings. The smallest absolute Gasteiger partial charge is 0.146 e. The predicted molar refractivity (Wildman–Crippen MR) is 45.6 cm³/mol. The van der Waals surface area contributed by atoms with E-state index in [1.807, 2.05) is 0 Å². The maximum absolute atomic E-state index is 10.4. The van der Waals surface area contributed by atoms with Gasteiger partial charge in [0.15, 0.2) is 0 Å². The average Bonchev–Trinajstić information content (AvgIpc) is 2.39. The number of hydrogen-bond acceptors (Lipinski definition) is 1. The van der Waals surface area contributed by atoms with Gasteiger partial charge in [0.1, 0.15) is 6.29 Å². The fraction of sp³-hybridized carbons (Fsp3) is 0.625. The lowest BCUT2D eigenvalue weighted by Crippen LogP contribution is -2.19. The van der Waals surface area contributed by atoms with Crippen molar-refractivity contribution in [2.75, 3.05) is 0 Å². The topological polar surface area (TPSA) is 17.1 Å². The van der Waals surface area contributed by atoms with Crippen molar-refractivity contribution in [2.45, 2.75) is 26.6 Å². The summed E-state index contributed by atoms with van der Waals surface area (Å²) in [6, 6.07) is 0. The molecule has 0 aromatic carbocycles. The Kier molecular flexibility index (Phi) is 1.59. The van der Waals surface area contributed by atoms with E-state index in [0.29, 0.717) is 5.92 Å². The number of rotatable bonds is 2. The van der Waals surface area contributed by atoms with Crippen LogP contribution in [0.25, 0.3) is 0 Å². The fourth-order valence-electron chi connectivity index (χ4n) is 1.61. The van der Waals surface area contributed by atoms with E-state index in [2.05, 4.69) is 26.6 Å². The highest BCUT2D eigenvalue weighted by molar-refractivity contribution is 6.84. The molecule has 0 heterocycles. The molecule has 0 aromatic heterocycles. The maximum atomic E-state index is 10.4. The summed E-state index contributed by atoms with van der Waals surface area (Å²) in [6.07, 6.45) is 1.03. The zero-order chi connectivity index (χ0) is 7.94. The number of carbonyl (C=O) groups is 1. The van der Waals surface area contributed by atoms with Crippen LogP contribution in [0.2, 0.25) is 19.6 Å². The summed E-state index contributed by atoms with van der Waals surface area (Å²) < 4.78 is 0. The lowest BCUT2D eigenvalue weighted by Gasteiger charge is -2.10. The first-order valence-corrected chi connectivity index (χ1v) is 7.18. The standard InChI is InChI=1S/C8H14OSi/c1-6-7(5-9)8(6)10(2,3)4/h5-6H,1-4H3. The van der Waals surface area contributed by atoms with Crippen LogP contribution in [-0.2, 0) is 4.79 Å². The lowest BCUT2D eigenvalue weighted by molar-refractivity contribution is -0.104.